The van der Waals surface area contributed by atoms with Crippen LogP contribution in [0.1, 0.15) is 5.56 Å². The number of carbonyl (C=O) groups excluding carboxylic acids is 2. The number of alkyl halides is 3. The number of benzene rings is 3. The summed E-state index contributed by atoms with van der Waals surface area (Å²) in [5.41, 5.74) is 2.90. The van der Waals surface area contributed by atoms with Crippen molar-refractivity contribution in [2.75, 3.05) is 18.6 Å². The summed E-state index contributed by atoms with van der Waals surface area (Å²) in [5, 5.41) is 0. The molecule has 5 nitrogen and oxygen atoms in total. The molecule has 8 heteroatoms. The Morgan fingerprint density at radius 2 is 1.41 bits per heavy atom. The molecule has 0 aliphatic heterocycles. The number of ether oxygens (including phenoxy) is 2. The molecule has 0 atom stereocenters. The van der Waals surface area contributed by atoms with E-state index in [1.54, 1.807) is 24.3 Å². The Bertz CT molecular complexity index is 1050. The summed E-state index contributed by atoms with van der Waals surface area (Å²) < 4.78 is 45.4. The van der Waals surface area contributed by atoms with Crippen LogP contribution in [0.2, 0.25) is 0 Å². The molecule has 3 aromatic carbocycles. The van der Waals surface area contributed by atoms with Gasteiger partial charge in [0.2, 0.25) is 0 Å². The highest BCUT2D eigenvalue weighted by Gasteiger charge is 2.31. The maximum absolute atomic E-state index is 12.5. The monoisotopic (exact) mass is 443 g/mol. The van der Waals surface area contributed by atoms with Crippen LogP contribution in [0.5, 0.6) is 5.75 Å². The third-order valence-electron chi connectivity index (χ3n) is 4.67. The molecular formula is C24H20F3NO4. The molecule has 0 radical (unpaired) electrons. The third-order valence-corrected chi connectivity index (χ3v) is 4.67. The number of anilines is 1. The lowest BCUT2D eigenvalue weighted by Crippen LogP contribution is -2.38. The van der Waals surface area contributed by atoms with Crippen molar-refractivity contribution in [3.63, 3.8) is 0 Å². The summed E-state index contributed by atoms with van der Waals surface area (Å²) in [6, 6.07) is 21.8. The summed E-state index contributed by atoms with van der Waals surface area (Å²) in [6.45, 7) is 0.265. The number of rotatable bonds is 6. The van der Waals surface area contributed by atoms with Crippen LogP contribution in [0.3, 0.4) is 0 Å². The number of halogens is 3. The van der Waals surface area contributed by atoms with Crippen molar-refractivity contribution in [1.29, 1.82) is 0 Å². The Balaban J connectivity index is 1.79. The summed E-state index contributed by atoms with van der Waals surface area (Å²) in [6.07, 6.45) is -4.22. The molecule has 0 aliphatic rings. The molecule has 0 saturated heterocycles. The summed E-state index contributed by atoms with van der Waals surface area (Å²) in [7, 11) is 1.14. The summed E-state index contributed by atoms with van der Waals surface area (Å²) in [4.78, 5) is 25.7. The van der Waals surface area contributed by atoms with Gasteiger partial charge in [-0.1, -0.05) is 54.6 Å². The van der Waals surface area contributed by atoms with E-state index in [9.17, 15) is 22.8 Å². The molecule has 0 aliphatic carbocycles. The standard InChI is InChI=1S/C24H20F3NO4/c1-31-23(30)22(29)28(16-15-17-5-3-2-4-6-17)20-11-7-18(8-12-20)19-9-13-21(14-10-19)32-24(25,26)27/h2-14H,15-16H2,1H3. The molecule has 1 amide bonds. The van der Waals surface area contributed by atoms with E-state index in [4.69, 9.17) is 0 Å². The fourth-order valence-electron chi connectivity index (χ4n) is 3.11. The van der Waals surface area contributed by atoms with Crippen LogP contribution in [0, 0.1) is 0 Å². The second-order valence-electron chi connectivity index (χ2n) is 6.80. The molecule has 0 bridgehead atoms. The van der Waals surface area contributed by atoms with Gasteiger partial charge in [0.15, 0.2) is 0 Å². The quantitative estimate of drug-likeness (QED) is 0.397. The molecule has 0 unspecified atom stereocenters. The summed E-state index contributed by atoms with van der Waals surface area (Å²) in [5.74, 6) is -2.07. The molecule has 32 heavy (non-hydrogen) atoms. The minimum Gasteiger partial charge on any atom is -0.462 e. The minimum absolute atomic E-state index is 0.265. The normalized spacial score (nSPS) is 11.0. The van der Waals surface area contributed by atoms with Gasteiger partial charge in [-0.05, 0) is 47.4 Å². The Morgan fingerprint density at radius 3 is 1.94 bits per heavy atom. The van der Waals surface area contributed by atoms with Crippen molar-refractivity contribution in [3.05, 3.63) is 84.4 Å². The maximum atomic E-state index is 12.5. The number of amides is 1. The van der Waals surface area contributed by atoms with Gasteiger partial charge in [0, 0.05) is 12.2 Å². The molecule has 0 spiro atoms. The van der Waals surface area contributed by atoms with Crippen molar-refractivity contribution < 1.29 is 32.2 Å². The first kappa shape index (κ1) is 22.9. The first-order chi connectivity index (χ1) is 15.3. The highest BCUT2D eigenvalue weighted by Crippen LogP contribution is 2.28. The second-order valence-corrected chi connectivity index (χ2v) is 6.80. The van der Waals surface area contributed by atoms with E-state index in [1.807, 2.05) is 30.3 Å². The maximum Gasteiger partial charge on any atom is 0.573 e. The molecule has 166 valence electrons. The SMILES string of the molecule is COC(=O)C(=O)N(CCc1ccccc1)c1ccc(-c2ccc(OC(F)(F)F)cc2)cc1. The second kappa shape index (κ2) is 10.00. The molecule has 0 N–H and O–H groups in total. The Morgan fingerprint density at radius 1 is 0.844 bits per heavy atom. The van der Waals surface area contributed by atoms with Gasteiger partial charge >= 0.3 is 18.2 Å². The molecule has 0 aromatic heterocycles. The zero-order valence-corrected chi connectivity index (χ0v) is 17.1. The zero-order valence-electron chi connectivity index (χ0n) is 17.1. The first-order valence-corrected chi connectivity index (χ1v) is 9.67. The highest BCUT2D eigenvalue weighted by atomic mass is 19.4. The number of esters is 1. The summed E-state index contributed by atoms with van der Waals surface area (Å²) >= 11 is 0. The van der Waals surface area contributed by atoms with Gasteiger partial charge in [-0.2, -0.15) is 0 Å². The lowest BCUT2D eigenvalue weighted by atomic mass is 10.0. The van der Waals surface area contributed by atoms with E-state index in [2.05, 4.69) is 9.47 Å². The number of nitrogens with zero attached hydrogens (tertiary/aromatic N) is 1. The smallest absolute Gasteiger partial charge is 0.462 e. The van der Waals surface area contributed by atoms with E-state index < -0.39 is 18.2 Å². The van der Waals surface area contributed by atoms with Crippen LogP contribution in [-0.4, -0.2) is 31.9 Å². The van der Waals surface area contributed by atoms with Crippen LogP contribution < -0.4 is 9.64 Å². The van der Waals surface area contributed by atoms with Crippen molar-refractivity contribution in [2.45, 2.75) is 12.8 Å². The average molecular weight is 443 g/mol. The predicted molar refractivity (Wildman–Crippen MR) is 113 cm³/mol. The zero-order chi connectivity index (χ0) is 23.1. The molecule has 0 fully saturated rings. The van der Waals surface area contributed by atoms with Gasteiger partial charge in [0.25, 0.3) is 0 Å². The van der Waals surface area contributed by atoms with Crippen LogP contribution >= 0.6 is 0 Å². The molecule has 0 saturated carbocycles. The average Bonchev–Trinajstić information content (AvgIpc) is 2.79. The highest BCUT2D eigenvalue weighted by molar-refractivity contribution is 6.38. The van der Waals surface area contributed by atoms with E-state index in [-0.39, 0.29) is 12.3 Å². The molecule has 3 aromatic rings. The lowest BCUT2D eigenvalue weighted by molar-refractivity contribution is -0.274. The van der Waals surface area contributed by atoms with Gasteiger partial charge in [-0.3, -0.25) is 4.79 Å². The van der Waals surface area contributed by atoms with Crippen molar-refractivity contribution in [1.82, 2.24) is 0 Å². The predicted octanol–water partition coefficient (Wildman–Crippen LogP) is 5.00. The number of hydrogen-bond acceptors (Lipinski definition) is 4. The Labute approximate surface area is 183 Å². The Hall–Kier alpha value is -3.81. The van der Waals surface area contributed by atoms with Crippen LogP contribution in [0.15, 0.2) is 78.9 Å². The van der Waals surface area contributed by atoms with E-state index in [0.717, 1.165) is 18.2 Å². The van der Waals surface area contributed by atoms with Crippen molar-refractivity contribution >= 4 is 17.6 Å². The lowest BCUT2D eigenvalue weighted by Gasteiger charge is -2.22. The van der Waals surface area contributed by atoms with E-state index >= 15 is 0 Å². The van der Waals surface area contributed by atoms with Crippen molar-refractivity contribution in [2.24, 2.45) is 0 Å². The molecular weight excluding hydrogens is 423 g/mol. The van der Waals surface area contributed by atoms with Crippen LogP contribution in [-0.2, 0) is 20.7 Å². The van der Waals surface area contributed by atoms with Gasteiger partial charge in [-0.15, -0.1) is 13.2 Å². The van der Waals surface area contributed by atoms with E-state index in [0.29, 0.717) is 17.7 Å². The third kappa shape index (κ3) is 6.10. The van der Waals surface area contributed by atoms with Gasteiger partial charge in [0.05, 0.1) is 7.11 Å². The van der Waals surface area contributed by atoms with Gasteiger partial charge < -0.3 is 14.4 Å². The van der Waals surface area contributed by atoms with E-state index in [1.165, 1.54) is 29.2 Å². The minimum atomic E-state index is -4.75. The number of methoxy groups -OCH3 is 1. The topological polar surface area (TPSA) is 55.8 Å². The number of hydrogen-bond donors (Lipinski definition) is 0. The largest absolute Gasteiger partial charge is 0.573 e. The van der Waals surface area contributed by atoms with Crippen LogP contribution in [0.4, 0.5) is 18.9 Å². The molecule has 3 rings (SSSR count). The van der Waals surface area contributed by atoms with Crippen molar-refractivity contribution in [3.8, 4) is 16.9 Å². The first-order valence-electron chi connectivity index (χ1n) is 9.67. The van der Waals surface area contributed by atoms with Crippen LogP contribution in [0.25, 0.3) is 11.1 Å². The molecule has 0 heterocycles. The fourth-order valence-corrected chi connectivity index (χ4v) is 3.11. The fraction of sp³-hybridized carbons (Fsp3) is 0.167. The van der Waals surface area contributed by atoms with Gasteiger partial charge in [-0.25, -0.2) is 4.79 Å². The Kier molecular flexibility index (Phi) is 7.14. The van der Waals surface area contributed by atoms with Gasteiger partial charge in [0.1, 0.15) is 5.75 Å². The number of carbonyl (C=O) groups is 2.